The fourth-order valence-corrected chi connectivity index (χ4v) is 4.55. The van der Waals surface area contributed by atoms with Crippen LogP contribution in [-0.2, 0) is 20.9 Å². The molecule has 1 aliphatic rings. The van der Waals surface area contributed by atoms with E-state index in [2.05, 4.69) is 10.3 Å². The number of ether oxygens (including phenoxy) is 3. The van der Waals surface area contributed by atoms with Crippen LogP contribution in [0.4, 0.5) is 5.69 Å². The average molecular weight is 496 g/mol. The predicted molar refractivity (Wildman–Crippen MR) is 131 cm³/mol. The van der Waals surface area contributed by atoms with E-state index in [0.717, 1.165) is 17.7 Å². The molecule has 0 saturated carbocycles. The maximum Gasteiger partial charge on any atom is 0.325 e. The van der Waals surface area contributed by atoms with Crippen molar-refractivity contribution in [3.8, 4) is 22.1 Å². The summed E-state index contributed by atoms with van der Waals surface area (Å²) in [5.41, 5.74) is 2.52. The Morgan fingerprint density at radius 2 is 1.91 bits per heavy atom. The summed E-state index contributed by atoms with van der Waals surface area (Å²) in [6.45, 7) is 0.395. The van der Waals surface area contributed by atoms with Crippen LogP contribution in [0.15, 0.2) is 47.8 Å². The second-order valence-electron chi connectivity index (χ2n) is 7.72. The normalized spacial score (nSPS) is 13.0. The predicted octanol–water partition coefficient (Wildman–Crippen LogP) is 3.43. The van der Waals surface area contributed by atoms with Crippen LogP contribution < -0.4 is 19.7 Å². The van der Waals surface area contributed by atoms with E-state index < -0.39 is 11.9 Å². The minimum absolute atomic E-state index is 0.0178. The number of esters is 1. The van der Waals surface area contributed by atoms with E-state index in [9.17, 15) is 14.4 Å². The molecule has 3 aromatic rings. The molecule has 1 aromatic heterocycles. The van der Waals surface area contributed by atoms with Gasteiger partial charge in [-0.3, -0.25) is 14.4 Å². The molecule has 1 aliphatic heterocycles. The van der Waals surface area contributed by atoms with Crippen molar-refractivity contribution in [2.24, 2.45) is 0 Å². The maximum atomic E-state index is 12.4. The van der Waals surface area contributed by atoms with Crippen molar-refractivity contribution in [2.75, 3.05) is 32.2 Å². The van der Waals surface area contributed by atoms with E-state index in [1.54, 1.807) is 54.8 Å². The lowest BCUT2D eigenvalue weighted by Gasteiger charge is -2.15. The molecule has 35 heavy (non-hydrogen) atoms. The number of amides is 2. The molecule has 0 unspecified atom stereocenters. The van der Waals surface area contributed by atoms with Crippen LogP contribution in [0.5, 0.6) is 11.5 Å². The molecule has 0 atom stereocenters. The number of para-hydroxylation sites is 1. The standard InChI is InChI=1S/C25H25N3O6S/c1-32-20-6-3-5-19(23(20)33-2)25-27-17(15-35-25)14-34-22(30)13-26-24(31)16-8-10-18(11-9-16)28-12-4-7-21(28)29/h3,5-6,8-11,15H,4,7,12-14H2,1-2H3,(H,26,31). The number of hydrogen-bond acceptors (Lipinski definition) is 8. The number of nitrogens with one attached hydrogen (secondary N) is 1. The number of anilines is 1. The van der Waals surface area contributed by atoms with Crippen LogP contribution >= 0.6 is 11.3 Å². The van der Waals surface area contributed by atoms with Crippen LogP contribution in [0.1, 0.15) is 28.9 Å². The topological polar surface area (TPSA) is 107 Å². The van der Waals surface area contributed by atoms with Gasteiger partial charge in [0.2, 0.25) is 5.91 Å². The number of methoxy groups -OCH3 is 2. The maximum absolute atomic E-state index is 12.4. The zero-order valence-electron chi connectivity index (χ0n) is 19.4. The van der Waals surface area contributed by atoms with Gasteiger partial charge in [0.15, 0.2) is 11.5 Å². The lowest BCUT2D eigenvalue weighted by Crippen LogP contribution is -2.30. The van der Waals surface area contributed by atoms with Gasteiger partial charge in [0.05, 0.1) is 25.5 Å². The zero-order valence-corrected chi connectivity index (χ0v) is 20.2. The van der Waals surface area contributed by atoms with E-state index in [4.69, 9.17) is 14.2 Å². The van der Waals surface area contributed by atoms with Crippen molar-refractivity contribution in [2.45, 2.75) is 19.4 Å². The third-order valence-corrected chi connectivity index (χ3v) is 6.40. The summed E-state index contributed by atoms with van der Waals surface area (Å²) in [7, 11) is 3.13. The third-order valence-electron chi connectivity index (χ3n) is 5.47. The molecule has 182 valence electrons. The average Bonchev–Trinajstić information content (AvgIpc) is 3.54. The molecular formula is C25H25N3O6S. The van der Waals surface area contributed by atoms with Crippen molar-refractivity contribution in [3.05, 3.63) is 59.1 Å². The van der Waals surface area contributed by atoms with Gasteiger partial charge in [0.1, 0.15) is 18.2 Å². The number of thiazole rings is 1. The summed E-state index contributed by atoms with van der Waals surface area (Å²) in [6.07, 6.45) is 1.38. The van der Waals surface area contributed by atoms with Crippen molar-refractivity contribution in [1.29, 1.82) is 0 Å². The summed E-state index contributed by atoms with van der Waals surface area (Å²) in [5, 5.41) is 5.06. The zero-order chi connectivity index (χ0) is 24.8. The van der Waals surface area contributed by atoms with E-state index >= 15 is 0 Å². The van der Waals surface area contributed by atoms with Crippen LogP contribution in [0.2, 0.25) is 0 Å². The first-order valence-corrected chi connectivity index (χ1v) is 11.9. The molecule has 0 radical (unpaired) electrons. The number of aromatic nitrogens is 1. The number of carbonyl (C=O) groups excluding carboxylic acids is 3. The Labute approximate surface area is 206 Å². The first-order chi connectivity index (χ1) is 17.0. The fraction of sp³-hybridized carbons (Fsp3) is 0.280. The fourth-order valence-electron chi connectivity index (χ4n) is 3.73. The highest BCUT2D eigenvalue weighted by Crippen LogP contribution is 2.39. The summed E-state index contributed by atoms with van der Waals surface area (Å²) in [5.74, 6) is 0.284. The van der Waals surface area contributed by atoms with Gasteiger partial charge in [-0.1, -0.05) is 6.07 Å². The van der Waals surface area contributed by atoms with Gasteiger partial charge in [0, 0.05) is 29.6 Å². The number of rotatable bonds is 9. The summed E-state index contributed by atoms with van der Waals surface area (Å²) >= 11 is 1.40. The Balaban J connectivity index is 1.28. The summed E-state index contributed by atoms with van der Waals surface area (Å²) < 4.78 is 16.0. The van der Waals surface area contributed by atoms with Crippen LogP contribution in [0.3, 0.4) is 0 Å². The van der Waals surface area contributed by atoms with Crippen LogP contribution in [0.25, 0.3) is 10.6 Å². The van der Waals surface area contributed by atoms with Gasteiger partial charge in [-0.15, -0.1) is 11.3 Å². The van der Waals surface area contributed by atoms with Gasteiger partial charge < -0.3 is 24.4 Å². The first kappa shape index (κ1) is 24.2. The minimum atomic E-state index is -0.578. The SMILES string of the molecule is COc1cccc(-c2nc(COC(=O)CNC(=O)c3ccc(N4CCCC4=O)cc3)cs2)c1OC. The second-order valence-corrected chi connectivity index (χ2v) is 8.58. The molecule has 2 heterocycles. The quantitative estimate of drug-likeness (QED) is 0.453. The van der Waals surface area contributed by atoms with Gasteiger partial charge >= 0.3 is 5.97 Å². The van der Waals surface area contributed by atoms with Crippen molar-refractivity contribution in [1.82, 2.24) is 10.3 Å². The van der Waals surface area contributed by atoms with Crippen molar-refractivity contribution < 1.29 is 28.6 Å². The molecule has 0 spiro atoms. The third kappa shape index (κ3) is 5.60. The van der Waals surface area contributed by atoms with Crippen LogP contribution in [0, 0.1) is 0 Å². The summed E-state index contributed by atoms with van der Waals surface area (Å²) in [4.78, 5) is 42.6. The lowest BCUT2D eigenvalue weighted by molar-refractivity contribution is -0.143. The van der Waals surface area contributed by atoms with Gasteiger partial charge in [-0.05, 0) is 42.8 Å². The molecule has 1 saturated heterocycles. The smallest absolute Gasteiger partial charge is 0.325 e. The second kappa shape index (κ2) is 11.0. The van der Waals surface area contributed by atoms with E-state index in [0.29, 0.717) is 40.7 Å². The Morgan fingerprint density at radius 3 is 2.60 bits per heavy atom. The van der Waals surface area contributed by atoms with E-state index in [1.807, 2.05) is 12.1 Å². The molecule has 0 bridgehead atoms. The first-order valence-electron chi connectivity index (χ1n) is 11.0. The Kier molecular flexibility index (Phi) is 7.61. The van der Waals surface area contributed by atoms with Gasteiger partial charge in [0.25, 0.3) is 5.91 Å². The molecule has 0 aliphatic carbocycles. The summed E-state index contributed by atoms with van der Waals surface area (Å²) in [6, 6.07) is 12.2. The van der Waals surface area contributed by atoms with Crippen molar-refractivity contribution in [3.63, 3.8) is 0 Å². The highest BCUT2D eigenvalue weighted by Gasteiger charge is 2.22. The van der Waals surface area contributed by atoms with Gasteiger partial charge in [-0.25, -0.2) is 4.98 Å². The van der Waals surface area contributed by atoms with E-state index in [1.165, 1.54) is 11.3 Å². The molecular weight excluding hydrogens is 470 g/mol. The lowest BCUT2D eigenvalue weighted by atomic mass is 10.2. The Hall–Kier alpha value is -3.92. The van der Waals surface area contributed by atoms with Gasteiger partial charge in [-0.2, -0.15) is 0 Å². The molecule has 1 N–H and O–H groups in total. The Morgan fingerprint density at radius 1 is 1.11 bits per heavy atom. The molecule has 2 amide bonds. The number of nitrogens with zero attached hydrogens (tertiary/aromatic N) is 2. The van der Waals surface area contributed by atoms with Crippen LogP contribution in [-0.4, -0.2) is 50.1 Å². The molecule has 9 nitrogen and oxygen atoms in total. The highest BCUT2D eigenvalue weighted by atomic mass is 32.1. The monoisotopic (exact) mass is 495 g/mol. The molecule has 10 heteroatoms. The molecule has 2 aromatic carbocycles. The van der Waals surface area contributed by atoms with Crippen molar-refractivity contribution >= 4 is 34.8 Å². The molecule has 1 fully saturated rings. The largest absolute Gasteiger partial charge is 0.493 e. The number of benzene rings is 2. The molecule has 4 rings (SSSR count). The number of carbonyl (C=O) groups is 3. The highest BCUT2D eigenvalue weighted by molar-refractivity contribution is 7.13. The Bertz CT molecular complexity index is 1220. The van der Waals surface area contributed by atoms with E-state index in [-0.39, 0.29) is 19.1 Å². The number of hydrogen-bond donors (Lipinski definition) is 1. The minimum Gasteiger partial charge on any atom is -0.493 e.